The third kappa shape index (κ3) is 2.04. The zero-order valence-corrected chi connectivity index (χ0v) is 5.99. The first-order valence-corrected chi connectivity index (χ1v) is 3.39. The second-order valence-corrected chi connectivity index (χ2v) is 2.37. The molecule has 0 atom stereocenters. The van der Waals surface area contributed by atoms with Crippen LogP contribution in [0.25, 0.3) is 0 Å². The van der Waals surface area contributed by atoms with E-state index in [1.54, 1.807) is 0 Å². The fraction of sp³-hybridized carbons (Fsp3) is 0.833. The van der Waals surface area contributed by atoms with Crippen LogP contribution >= 0.6 is 0 Å². The minimum Gasteiger partial charge on any atom is -0.465 e. The second-order valence-electron chi connectivity index (χ2n) is 2.37. The summed E-state index contributed by atoms with van der Waals surface area (Å²) in [6.45, 7) is 0.298. The van der Waals surface area contributed by atoms with Crippen LogP contribution in [-0.4, -0.2) is 48.6 Å². The summed E-state index contributed by atoms with van der Waals surface area (Å²) in [5, 5.41) is 8.37. The van der Waals surface area contributed by atoms with Crippen molar-refractivity contribution >= 4 is 6.09 Å². The number of alkyl halides is 1. The summed E-state index contributed by atoms with van der Waals surface area (Å²) >= 11 is 0. The molecule has 5 heteroatoms. The van der Waals surface area contributed by atoms with E-state index in [4.69, 9.17) is 9.84 Å². The minimum absolute atomic E-state index is 0.0676. The Labute approximate surface area is 63.6 Å². The fourth-order valence-electron chi connectivity index (χ4n) is 0.911. The van der Waals surface area contributed by atoms with E-state index >= 15 is 0 Å². The standard InChI is InChI=1S/C6H10FNO3/c7-1-2-11-5-3-8(4-5)6(9)10/h5H,1-4H2,(H,9,10). The molecule has 1 rings (SSSR count). The molecule has 11 heavy (non-hydrogen) atoms. The number of nitrogens with zero attached hydrogens (tertiary/aromatic N) is 1. The van der Waals surface area contributed by atoms with E-state index in [1.807, 2.05) is 0 Å². The van der Waals surface area contributed by atoms with Gasteiger partial charge in [-0.15, -0.1) is 0 Å². The molecule has 0 unspecified atom stereocenters. The lowest BCUT2D eigenvalue weighted by molar-refractivity contribution is -0.0473. The summed E-state index contributed by atoms with van der Waals surface area (Å²) in [5.74, 6) is 0. The number of rotatable bonds is 3. The van der Waals surface area contributed by atoms with Crippen molar-refractivity contribution < 1.29 is 19.0 Å². The number of halogens is 1. The van der Waals surface area contributed by atoms with Crippen molar-refractivity contribution in [3.63, 3.8) is 0 Å². The van der Waals surface area contributed by atoms with Crippen molar-refractivity contribution in [3.05, 3.63) is 0 Å². The zero-order valence-electron chi connectivity index (χ0n) is 5.99. The molecule has 1 aliphatic heterocycles. The highest BCUT2D eigenvalue weighted by atomic mass is 19.1. The maximum atomic E-state index is 11.5. The molecule has 0 aromatic rings. The van der Waals surface area contributed by atoms with Crippen LogP contribution in [0.5, 0.6) is 0 Å². The van der Waals surface area contributed by atoms with Gasteiger partial charge in [0.2, 0.25) is 0 Å². The maximum Gasteiger partial charge on any atom is 0.407 e. The van der Waals surface area contributed by atoms with Gasteiger partial charge in [0.05, 0.1) is 25.8 Å². The molecule has 1 heterocycles. The molecule has 4 nitrogen and oxygen atoms in total. The minimum atomic E-state index is -0.940. The summed E-state index contributed by atoms with van der Waals surface area (Å²) < 4.78 is 16.4. The first-order valence-electron chi connectivity index (χ1n) is 3.39. The molecule has 0 aromatic carbocycles. The van der Waals surface area contributed by atoms with Gasteiger partial charge in [0.1, 0.15) is 6.67 Å². The summed E-state index contributed by atoms with van der Waals surface area (Å²) in [6, 6.07) is 0. The van der Waals surface area contributed by atoms with Gasteiger partial charge < -0.3 is 14.7 Å². The average molecular weight is 163 g/mol. The van der Waals surface area contributed by atoms with Crippen LogP contribution in [0.15, 0.2) is 0 Å². The summed E-state index contributed by atoms with van der Waals surface area (Å²) in [4.78, 5) is 11.4. The van der Waals surface area contributed by atoms with Crippen LogP contribution in [0, 0.1) is 0 Å². The predicted molar refractivity (Wildman–Crippen MR) is 35.3 cm³/mol. The number of hydrogen-bond acceptors (Lipinski definition) is 2. The number of amides is 1. The highest BCUT2D eigenvalue weighted by Gasteiger charge is 2.30. The van der Waals surface area contributed by atoms with Gasteiger partial charge in [0.15, 0.2) is 0 Å². The molecule has 1 fully saturated rings. The van der Waals surface area contributed by atoms with Crippen LogP contribution < -0.4 is 0 Å². The summed E-state index contributed by atoms with van der Waals surface area (Å²) in [7, 11) is 0. The van der Waals surface area contributed by atoms with Gasteiger partial charge in [-0.25, -0.2) is 9.18 Å². The van der Waals surface area contributed by atoms with Crippen molar-refractivity contribution in [3.8, 4) is 0 Å². The molecule has 0 aliphatic carbocycles. The average Bonchev–Trinajstić information content (AvgIpc) is 1.84. The summed E-state index contributed by atoms with van der Waals surface area (Å²) in [5.41, 5.74) is 0. The molecular formula is C6H10FNO3. The van der Waals surface area contributed by atoms with Gasteiger partial charge in [-0.05, 0) is 0 Å². The molecule has 0 saturated carbocycles. The van der Waals surface area contributed by atoms with E-state index < -0.39 is 12.8 Å². The molecule has 1 saturated heterocycles. The van der Waals surface area contributed by atoms with Crippen LogP contribution in [0.1, 0.15) is 0 Å². The SMILES string of the molecule is O=C(O)N1CC(OCCF)C1. The first-order chi connectivity index (χ1) is 5.24. The normalized spacial score (nSPS) is 18.1. The zero-order chi connectivity index (χ0) is 8.27. The number of hydrogen-bond donors (Lipinski definition) is 1. The van der Waals surface area contributed by atoms with E-state index in [1.165, 1.54) is 4.90 Å². The molecule has 0 aromatic heterocycles. The Bertz CT molecular complexity index is 147. The predicted octanol–water partition coefficient (Wildman–Crippen LogP) is 0.335. The van der Waals surface area contributed by atoms with E-state index in [2.05, 4.69) is 0 Å². The second kappa shape index (κ2) is 3.52. The van der Waals surface area contributed by atoms with Crippen molar-refractivity contribution in [2.24, 2.45) is 0 Å². The number of ether oxygens (including phenoxy) is 1. The Morgan fingerprint density at radius 3 is 2.82 bits per heavy atom. The van der Waals surface area contributed by atoms with Gasteiger partial charge >= 0.3 is 6.09 Å². The smallest absolute Gasteiger partial charge is 0.407 e. The molecule has 1 aliphatic rings. The third-order valence-electron chi connectivity index (χ3n) is 1.55. The Hall–Kier alpha value is -0.840. The largest absolute Gasteiger partial charge is 0.465 e. The van der Waals surface area contributed by atoms with Crippen molar-refractivity contribution in [1.82, 2.24) is 4.90 Å². The van der Waals surface area contributed by atoms with Crippen LogP contribution in [0.4, 0.5) is 9.18 Å². The van der Waals surface area contributed by atoms with Crippen LogP contribution in [0.3, 0.4) is 0 Å². The number of carbonyl (C=O) groups is 1. The lowest BCUT2D eigenvalue weighted by Gasteiger charge is -2.36. The number of carboxylic acid groups (broad SMARTS) is 1. The third-order valence-corrected chi connectivity index (χ3v) is 1.55. The van der Waals surface area contributed by atoms with Crippen molar-refractivity contribution in [2.75, 3.05) is 26.4 Å². The Morgan fingerprint density at radius 1 is 1.73 bits per heavy atom. The summed E-state index contributed by atoms with van der Waals surface area (Å²) in [6.07, 6.45) is -1.04. The quantitative estimate of drug-likeness (QED) is 0.652. The van der Waals surface area contributed by atoms with Gasteiger partial charge in [0.25, 0.3) is 0 Å². The number of likely N-dealkylation sites (tertiary alicyclic amines) is 1. The fourth-order valence-corrected chi connectivity index (χ4v) is 0.911. The Kier molecular flexibility index (Phi) is 2.64. The molecule has 1 amide bonds. The monoisotopic (exact) mass is 163 g/mol. The van der Waals surface area contributed by atoms with Gasteiger partial charge in [-0.1, -0.05) is 0 Å². The van der Waals surface area contributed by atoms with Gasteiger partial charge in [0, 0.05) is 0 Å². The highest BCUT2D eigenvalue weighted by molar-refractivity contribution is 5.66. The Morgan fingerprint density at radius 2 is 2.36 bits per heavy atom. The lowest BCUT2D eigenvalue weighted by Crippen LogP contribution is -2.54. The molecule has 0 bridgehead atoms. The van der Waals surface area contributed by atoms with E-state index in [0.717, 1.165) is 0 Å². The van der Waals surface area contributed by atoms with E-state index in [9.17, 15) is 9.18 Å². The molecule has 1 N–H and O–H groups in total. The van der Waals surface area contributed by atoms with Crippen LogP contribution in [-0.2, 0) is 4.74 Å². The van der Waals surface area contributed by atoms with E-state index in [-0.39, 0.29) is 12.7 Å². The molecule has 0 spiro atoms. The van der Waals surface area contributed by atoms with Crippen molar-refractivity contribution in [1.29, 1.82) is 0 Å². The van der Waals surface area contributed by atoms with Gasteiger partial charge in [-0.3, -0.25) is 0 Å². The molecular weight excluding hydrogens is 153 g/mol. The topological polar surface area (TPSA) is 49.8 Å². The maximum absolute atomic E-state index is 11.5. The lowest BCUT2D eigenvalue weighted by atomic mass is 10.2. The molecule has 64 valence electrons. The highest BCUT2D eigenvalue weighted by Crippen LogP contribution is 2.10. The molecule has 0 radical (unpaired) electrons. The first kappa shape index (κ1) is 8.26. The van der Waals surface area contributed by atoms with Crippen molar-refractivity contribution in [2.45, 2.75) is 6.10 Å². The van der Waals surface area contributed by atoms with Crippen LogP contribution in [0.2, 0.25) is 0 Å². The van der Waals surface area contributed by atoms with E-state index in [0.29, 0.717) is 13.1 Å². The van der Waals surface area contributed by atoms with Gasteiger partial charge in [-0.2, -0.15) is 0 Å². The Balaban J connectivity index is 2.05.